The molecule has 0 aliphatic heterocycles. The van der Waals surface area contributed by atoms with Gasteiger partial charge in [0.2, 0.25) is 11.8 Å². The maximum Gasteiger partial charge on any atom is 0.237 e. The molecule has 0 unspecified atom stereocenters. The first-order valence-electron chi connectivity index (χ1n) is 9.56. The van der Waals surface area contributed by atoms with E-state index < -0.39 is 0 Å². The Hall–Kier alpha value is -2.18. The van der Waals surface area contributed by atoms with E-state index >= 15 is 0 Å². The summed E-state index contributed by atoms with van der Waals surface area (Å²) in [6, 6.07) is 14.2. The lowest BCUT2D eigenvalue weighted by molar-refractivity contribution is -0.133. The van der Waals surface area contributed by atoms with Gasteiger partial charge in [-0.25, -0.2) is 0 Å². The lowest BCUT2D eigenvalue weighted by Crippen LogP contribution is -2.47. The summed E-state index contributed by atoms with van der Waals surface area (Å²) in [4.78, 5) is 29.9. The van der Waals surface area contributed by atoms with Crippen molar-refractivity contribution in [2.75, 3.05) is 26.7 Å². The van der Waals surface area contributed by atoms with Crippen LogP contribution in [0.15, 0.2) is 47.8 Å². The predicted molar refractivity (Wildman–Crippen MR) is 115 cm³/mol. The SMILES string of the molecule is CN(CC(=O)NC(C)(C)C)CC(=O)N(CCc1ccccc1)Cc1cccs1. The molecule has 2 aromatic rings. The van der Waals surface area contributed by atoms with Crippen molar-refractivity contribution in [3.8, 4) is 0 Å². The average Bonchev–Trinajstić information content (AvgIpc) is 3.10. The molecule has 1 N–H and O–H groups in total. The van der Waals surface area contributed by atoms with Crippen molar-refractivity contribution >= 4 is 23.2 Å². The monoisotopic (exact) mass is 401 g/mol. The highest BCUT2D eigenvalue weighted by Crippen LogP contribution is 2.13. The molecule has 28 heavy (non-hydrogen) atoms. The third kappa shape index (κ3) is 8.23. The Labute approximate surface area is 172 Å². The number of thiophene rings is 1. The van der Waals surface area contributed by atoms with Crippen LogP contribution in [0.1, 0.15) is 31.2 Å². The molecule has 0 radical (unpaired) electrons. The number of amides is 2. The highest BCUT2D eigenvalue weighted by Gasteiger charge is 2.19. The minimum Gasteiger partial charge on any atom is -0.350 e. The highest BCUT2D eigenvalue weighted by molar-refractivity contribution is 7.09. The summed E-state index contributed by atoms with van der Waals surface area (Å²) in [5, 5.41) is 4.96. The maximum absolute atomic E-state index is 12.9. The third-order valence-corrected chi connectivity index (χ3v) is 4.99. The molecule has 1 aromatic carbocycles. The Kier molecular flexibility index (Phi) is 8.20. The van der Waals surface area contributed by atoms with Gasteiger partial charge in [0.05, 0.1) is 19.6 Å². The number of carbonyl (C=O) groups excluding carboxylic acids is 2. The summed E-state index contributed by atoms with van der Waals surface area (Å²) < 4.78 is 0. The second-order valence-electron chi connectivity index (χ2n) is 8.10. The molecular formula is C22H31N3O2S. The molecular weight excluding hydrogens is 370 g/mol. The molecule has 2 amide bonds. The number of hydrogen-bond donors (Lipinski definition) is 1. The zero-order valence-electron chi connectivity index (χ0n) is 17.3. The Morgan fingerprint density at radius 1 is 1.04 bits per heavy atom. The van der Waals surface area contributed by atoms with E-state index in [1.807, 2.05) is 61.4 Å². The van der Waals surface area contributed by atoms with Gasteiger partial charge in [0.15, 0.2) is 0 Å². The summed E-state index contributed by atoms with van der Waals surface area (Å²) in [5.41, 5.74) is 0.937. The molecule has 0 spiro atoms. The van der Waals surface area contributed by atoms with E-state index in [-0.39, 0.29) is 30.4 Å². The molecule has 0 saturated carbocycles. The molecule has 0 atom stereocenters. The van der Waals surface area contributed by atoms with Crippen molar-refractivity contribution in [2.24, 2.45) is 0 Å². The molecule has 1 aromatic heterocycles. The lowest BCUT2D eigenvalue weighted by atomic mass is 10.1. The Bertz CT molecular complexity index is 739. The molecule has 5 nitrogen and oxygen atoms in total. The molecule has 0 bridgehead atoms. The predicted octanol–water partition coefficient (Wildman–Crippen LogP) is 3.17. The van der Waals surface area contributed by atoms with E-state index in [9.17, 15) is 9.59 Å². The third-order valence-electron chi connectivity index (χ3n) is 4.13. The highest BCUT2D eigenvalue weighted by atomic mass is 32.1. The van der Waals surface area contributed by atoms with Gasteiger partial charge in [0.25, 0.3) is 0 Å². The van der Waals surface area contributed by atoms with Crippen LogP contribution in [0, 0.1) is 0 Å². The van der Waals surface area contributed by atoms with E-state index in [1.165, 1.54) is 5.56 Å². The quantitative estimate of drug-likeness (QED) is 0.702. The second-order valence-corrected chi connectivity index (χ2v) is 9.13. The molecule has 6 heteroatoms. The number of benzene rings is 1. The van der Waals surface area contributed by atoms with Gasteiger partial charge >= 0.3 is 0 Å². The molecule has 0 fully saturated rings. The summed E-state index contributed by atoms with van der Waals surface area (Å²) in [7, 11) is 1.81. The molecule has 152 valence electrons. The standard InChI is InChI=1S/C22H31N3O2S/c1-22(2,3)23-20(26)16-24(4)17-21(27)25(15-19-11-8-14-28-19)13-12-18-9-6-5-7-10-18/h5-11,14H,12-13,15-17H2,1-4H3,(H,23,26). The number of rotatable bonds is 9. The van der Waals surface area contributed by atoms with E-state index in [0.29, 0.717) is 13.1 Å². The van der Waals surface area contributed by atoms with E-state index in [2.05, 4.69) is 17.4 Å². The van der Waals surface area contributed by atoms with Gasteiger partial charge in [-0.2, -0.15) is 0 Å². The molecule has 0 aliphatic carbocycles. The van der Waals surface area contributed by atoms with E-state index in [1.54, 1.807) is 23.3 Å². The second kappa shape index (κ2) is 10.4. The number of carbonyl (C=O) groups is 2. The molecule has 2 rings (SSSR count). The number of nitrogens with one attached hydrogen (secondary N) is 1. The largest absolute Gasteiger partial charge is 0.350 e. The molecule has 0 aliphatic rings. The fraction of sp³-hybridized carbons (Fsp3) is 0.455. The summed E-state index contributed by atoms with van der Waals surface area (Å²) in [6.45, 7) is 7.52. The average molecular weight is 402 g/mol. The van der Waals surface area contributed by atoms with Crippen LogP contribution < -0.4 is 5.32 Å². The number of nitrogens with zero attached hydrogens (tertiary/aromatic N) is 2. The van der Waals surface area contributed by atoms with Crippen LogP contribution in [-0.4, -0.2) is 53.8 Å². The normalized spacial score (nSPS) is 11.5. The first kappa shape index (κ1) is 22.1. The molecule has 0 saturated heterocycles. The smallest absolute Gasteiger partial charge is 0.237 e. The van der Waals surface area contributed by atoms with Crippen LogP contribution in [0.4, 0.5) is 0 Å². The van der Waals surface area contributed by atoms with Gasteiger partial charge < -0.3 is 10.2 Å². The number of likely N-dealkylation sites (N-methyl/N-ethyl adjacent to an activating group) is 1. The van der Waals surface area contributed by atoms with Crippen LogP contribution >= 0.6 is 11.3 Å². The van der Waals surface area contributed by atoms with Crippen LogP contribution in [0.25, 0.3) is 0 Å². The van der Waals surface area contributed by atoms with Gasteiger partial charge in [-0.3, -0.25) is 14.5 Å². The number of hydrogen-bond acceptors (Lipinski definition) is 4. The van der Waals surface area contributed by atoms with Crippen molar-refractivity contribution < 1.29 is 9.59 Å². The van der Waals surface area contributed by atoms with Gasteiger partial charge in [-0.1, -0.05) is 36.4 Å². The van der Waals surface area contributed by atoms with Gasteiger partial charge in [-0.05, 0) is 51.2 Å². The van der Waals surface area contributed by atoms with Crippen molar-refractivity contribution in [3.63, 3.8) is 0 Å². The van der Waals surface area contributed by atoms with Crippen LogP contribution in [0.2, 0.25) is 0 Å². The molecule has 1 heterocycles. The zero-order valence-corrected chi connectivity index (χ0v) is 18.1. The van der Waals surface area contributed by atoms with E-state index in [4.69, 9.17) is 0 Å². The van der Waals surface area contributed by atoms with Gasteiger partial charge in [0.1, 0.15) is 0 Å². The van der Waals surface area contributed by atoms with E-state index in [0.717, 1.165) is 11.3 Å². The Balaban J connectivity index is 1.94. The van der Waals surface area contributed by atoms with Crippen molar-refractivity contribution in [3.05, 3.63) is 58.3 Å². The topological polar surface area (TPSA) is 52.7 Å². The summed E-state index contributed by atoms with van der Waals surface area (Å²) in [5.74, 6) is -0.0349. The zero-order chi connectivity index (χ0) is 20.6. The Morgan fingerprint density at radius 2 is 1.75 bits per heavy atom. The minimum absolute atomic E-state index is 0.0374. The van der Waals surface area contributed by atoms with Gasteiger partial charge in [0, 0.05) is 17.0 Å². The fourth-order valence-electron chi connectivity index (χ4n) is 2.88. The van der Waals surface area contributed by atoms with Gasteiger partial charge in [-0.15, -0.1) is 11.3 Å². The first-order chi connectivity index (χ1) is 13.2. The summed E-state index contributed by atoms with van der Waals surface area (Å²) in [6.07, 6.45) is 0.812. The Morgan fingerprint density at radius 3 is 2.36 bits per heavy atom. The van der Waals surface area contributed by atoms with Crippen molar-refractivity contribution in [1.82, 2.24) is 15.1 Å². The van der Waals surface area contributed by atoms with Crippen LogP contribution in [-0.2, 0) is 22.6 Å². The minimum atomic E-state index is -0.275. The maximum atomic E-state index is 12.9. The summed E-state index contributed by atoms with van der Waals surface area (Å²) >= 11 is 1.65. The lowest BCUT2D eigenvalue weighted by Gasteiger charge is -2.26. The first-order valence-corrected chi connectivity index (χ1v) is 10.4. The van der Waals surface area contributed by atoms with Crippen LogP contribution in [0.5, 0.6) is 0 Å². The fourth-order valence-corrected chi connectivity index (χ4v) is 3.60. The van der Waals surface area contributed by atoms with Crippen LogP contribution in [0.3, 0.4) is 0 Å². The van der Waals surface area contributed by atoms with Crippen molar-refractivity contribution in [1.29, 1.82) is 0 Å². The van der Waals surface area contributed by atoms with Crippen molar-refractivity contribution in [2.45, 2.75) is 39.3 Å².